The summed E-state index contributed by atoms with van der Waals surface area (Å²) in [7, 11) is 3.25. The van der Waals surface area contributed by atoms with Gasteiger partial charge in [0.25, 0.3) is 0 Å². The van der Waals surface area contributed by atoms with Crippen molar-refractivity contribution in [3.8, 4) is 5.75 Å². The van der Waals surface area contributed by atoms with Crippen molar-refractivity contribution in [1.29, 1.82) is 0 Å². The van der Waals surface area contributed by atoms with Gasteiger partial charge in [-0.3, -0.25) is 9.59 Å². The molecular formula is C31H34N3O5-. The van der Waals surface area contributed by atoms with E-state index in [0.717, 1.165) is 22.4 Å². The second-order valence-electron chi connectivity index (χ2n) is 9.69. The number of hydrogen-bond donors (Lipinski definition) is 2. The summed E-state index contributed by atoms with van der Waals surface area (Å²) in [5, 5.41) is 17.3. The molecule has 1 aliphatic heterocycles. The number of carbonyl (C=O) groups is 3. The smallest absolute Gasteiger partial charge is 0.219 e. The predicted octanol–water partition coefficient (Wildman–Crippen LogP) is 3.19. The van der Waals surface area contributed by atoms with Gasteiger partial charge in [-0.1, -0.05) is 43.3 Å². The zero-order chi connectivity index (χ0) is 27.9. The molecule has 0 spiro atoms. The van der Waals surface area contributed by atoms with Gasteiger partial charge in [0.1, 0.15) is 11.5 Å². The van der Waals surface area contributed by atoms with Crippen LogP contribution in [0.2, 0.25) is 0 Å². The fourth-order valence-corrected chi connectivity index (χ4v) is 4.92. The third-order valence-corrected chi connectivity index (χ3v) is 6.97. The van der Waals surface area contributed by atoms with Gasteiger partial charge in [-0.25, -0.2) is 0 Å². The number of nitrogens with one attached hydrogen (secondary N) is 2. The van der Waals surface area contributed by atoms with Crippen molar-refractivity contribution in [1.82, 2.24) is 10.6 Å². The number of carboxylic acids is 1. The Hall–Kier alpha value is -4.33. The van der Waals surface area contributed by atoms with Crippen molar-refractivity contribution >= 4 is 29.0 Å². The molecule has 2 N–H and O–H groups in total. The van der Waals surface area contributed by atoms with E-state index in [1.165, 1.54) is 0 Å². The van der Waals surface area contributed by atoms with Crippen LogP contribution in [0.3, 0.4) is 0 Å². The van der Waals surface area contributed by atoms with E-state index in [9.17, 15) is 19.5 Å². The molecule has 1 aliphatic carbocycles. The molecule has 0 aromatic heterocycles. The van der Waals surface area contributed by atoms with Crippen LogP contribution in [0, 0.1) is 5.92 Å². The number of rotatable bonds is 11. The average Bonchev–Trinajstić information content (AvgIpc) is 2.94. The minimum Gasteiger partial charge on any atom is -0.545 e. The summed E-state index contributed by atoms with van der Waals surface area (Å²) >= 11 is 0. The molecule has 1 heterocycles. The fourth-order valence-electron chi connectivity index (χ4n) is 4.92. The van der Waals surface area contributed by atoms with Crippen LogP contribution in [0.25, 0.3) is 5.57 Å². The predicted molar refractivity (Wildman–Crippen MR) is 149 cm³/mol. The summed E-state index contributed by atoms with van der Waals surface area (Å²) in [5.74, 6) is 0.195. The molecule has 39 heavy (non-hydrogen) atoms. The molecule has 2 aliphatic rings. The Morgan fingerprint density at radius 3 is 2.26 bits per heavy atom. The lowest BCUT2D eigenvalue weighted by molar-refractivity contribution is -0.255. The van der Waals surface area contributed by atoms with Gasteiger partial charge >= 0.3 is 0 Å². The van der Waals surface area contributed by atoms with Gasteiger partial charge in [-0.15, -0.1) is 0 Å². The largest absolute Gasteiger partial charge is 0.545 e. The average molecular weight is 529 g/mol. The summed E-state index contributed by atoms with van der Waals surface area (Å²) in [5.41, 5.74) is 3.99. The van der Waals surface area contributed by atoms with E-state index in [0.29, 0.717) is 55.8 Å². The second kappa shape index (κ2) is 12.5. The van der Waals surface area contributed by atoms with Gasteiger partial charge in [0.2, 0.25) is 11.8 Å². The van der Waals surface area contributed by atoms with Crippen LogP contribution in [0.4, 0.5) is 5.69 Å². The van der Waals surface area contributed by atoms with Gasteiger partial charge in [0, 0.05) is 74.1 Å². The van der Waals surface area contributed by atoms with Crippen LogP contribution in [0.1, 0.15) is 54.1 Å². The normalized spacial score (nSPS) is 15.5. The number of fused-ring (bicyclic) bond motifs is 2. The summed E-state index contributed by atoms with van der Waals surface area (Å²) in [6.07, 6.45) is 8.18. The number of anilines is 1. The number of amides is 2. The first kappa shape index (κ1) is 27.7. The van der Waals surface area contributed by atoms with Gasteiger partial charge < -0.3 is 30.2 Å². The molecule has 1 atom stereocenters. The molecule has 4 rings (SSSR count). The molecule has 0 fully saturated rings. The topological polar surface area (TPSA) is 111 Å². The minimum absolute atomic E-state index is 0.0191. The number of nitrogens with zero attached hydrogens (tertiary/aromatic N) is 1. The van der Waals surface area contributed by atoms with Crippen LogP contribution in [0.5, 0.6) is 5.75 Å². The number of carboxylic acid groups (broad SMARTS) is 1. The van der Waals surface area contributed by atoms with Crippen molar-refractivity contribution in [3.05, 3.63) is 88.7 Å². The molecule has 0 bridgehead atoms. The Bertz CT molecular complexity index is 1340. The molecule has 8 heteroatoms. The Morgan fingerprint density at radius 2 is 1.62 bits per heavy atom. The van der Waals surface area contributed by atoms with E-state index in [1.54, 1.807) is 32.3 Å². The minimum atomic E-state index is -1.24. The molecule has 0 saturated carbocycles. The first-order valence-corrected chi connectivity index (χ1v) is 13.3. The van der Waals surface area contributed by atoms with E-state index < -0.39 is 5.97 Å². The van der Waals surface area contributed by atoms with E-state index in [-0.39, 0.29) is 23.3 Å². The Labute approximate surface area is 229 Å². The Kier molecular flexibility index (Phi) is 8.86. The maximum Gasteiger partial charge on any atom is 0.219 e. The highest BCUT2D eigenvalue weighted by atomic mass is 16.5. The summed E-state index contributed by atoms with van der Waals surface area (Å²) in [6, 6.07) is 12.7. The van der Waals surface area contributed by atoms with Gasteiger partial charge in [-0.2, -0.15) is 0 Å². The molecule has 0 saturated heterocycles. The van der Waals surface area contributed by atoms with Crippen LogP contribution < -0.4 is 25.4 Å². The molecule has 2 amide bonds. The SMILES string of the molecule is CNC(=O)CCCN(CCCC(=O)NC)c1ccc2c(c1)OC1=CC(C)C=CC1=C2c1ccccc1C(=O)[O-]. The molecule has 204 valence electrons. The van der Waals surface area contributed by atoms with Gasteiger partial charge in [0.05, 0.1) is 5.97 Å². The van der Waals surface area contributed by atoms with Crippen LogP contribution >= 0.6 is 0 Å². The number of ether oxygens (including phenoxy) is 1. The molecule has 0 radical (unpaired) electrons. The number of benzene rings is 2. The maximum atomic E-state index is 12.0. The van der Waals surface area contributed by atoms with E-state index in [1.807, 2.05) is 36.4 Å². The van der Waals surface area contributed by atoms with Crippen molar-refractivity contribution in [2.24, 2.45) is 5.92 Å². The third kappa shape index (κ3) is 6.39. The standard InChI is InChI=1S/C31H35N3O5/c1-20-12-14-24-26(18-20)39-27-19-21(34(16-6-10-28(35)32-2)17-7-11-29(36)33-3)13-15-25(27)30(24)22-8-4-5-9-23(22)31(37)38/h4-5,8-9,12-15,18-20H,6-7,10-11,16-17H2,1-3H3,(H,32,35)(H,33,36)(H,37,38)/p-1. The number of aromatic carboxylic acids is 1. The Morgan fingerprint density at radius 1 is 0.949 bits per heavy atom. The first-order valence-electron chi connectivity index (χ1n) is 13.3. The van der Waals surface area contributed by atoms with Crippen LogP contribution in [0.15, 0.2) is 72.0 Å². The number of carbonyl (C=O) groups excluding carboxylic acids is 3. The van der Waals surface area contributed by atoms with E-state index in [4.69, 9.17) is 4.74 Å². The number of hydrogen-bond acceptors (Lipinski definition) is 6. The van der Waals surface area contributed by atoms with Gasteiger partial charge in [0.15, 0.2) is 0 Å². The summed E-state index contributed by atoms with van der Waals surface area (Å²) < 4.78 is 6.40. The molecule has 1 unspecified atom stereocenters. The highest BCUT2D eigenvalue weighted by Gasteiger charge is 2.28. The lowest BCUT2D eigenvalue weighted by Crippen LogP contribution is -2.29. The number of allylic oxidation sites excluding steroid dienone is 3. The third-order valence-electron chi connectivity index (χ3n) is 6.97. The highest BCUT2D eigenvalue weighted by Crippen LogP contribution is 2.45. The summed E-state index contributed by atoms with van der Waals surface area (Å²) in [6.45, 7) is 3.32. The van der Waals surface area contributed by atoms with Crippen molar-refractivity contribution in [2.45, 2.75) is 32.6 Å². The lowest BCUT2D eigenvalue weighted by atomic mass is 9.84. The van der Waals surface area contributed by atoms with Crippen molar-refractivity contribution < 1.29 is 24.2 Å². The van der Waals surface area contributed by atoms with Crippen LogP contribution in [-0.4, -0.2) is 45.0 Å². The van der Waals surface area contributed by atoms with E-state index in [2.05, 4.69) is 28.5 Å². The van der Waals surface area contributed by atoms with Crippen molar-refractivity contribution in [3.63, 3.8) is 0 Å². The zero-order valence-electron chi connectivity index (χ0n) is 22.6. The monoisotopic (exact) mass is 528 g/mol. The Balaban J connectivity index is 1.74. The molecule has 2 aromatic rings. The fraction of sp³-hybridized carbons (Fsp3) is 0.323. The second-order valence-corrected chi connectivity index (χ2v) is 9.69. The zero-order valence-corrected chi connectivity index (χ0v) is 22.6. The van der Waals surface area contributed by atoms with E-state index >= 15 is 0 Å². The summed E-state index contributed by atoms with van der Waals surface area (Å²) in [4.78, 5) is 37.8. The first-order chi connectivity index (χ1) is 18.8. The quantitative estimate of drug-likeness (QED) is 0.464. The van der Waals surface area contributed by atoms with Crippen molar-refractivity contribution in [2.75, 3.05) is 32.1 Å². The molecular weight excluding hydrogens is 494 g/mol. The maximum absolute atomic E-state index is 12.0. The highest BCUT2D eigenvalue weighted by molar-refractivity contribution is 5.99. The lowest BCUT2D eigenvalue weighted by Gasteiger charge is -2.31. The molecule has 8 nitrogen and oxygen atoms in total. The van der Waals surface area contributed by atoms with Gasteiger partial charge in [-0.05, 0) is 42.5 Å². The molecule has 2 aromatic carbocycles. The van der Waals surface area contributed by atoms with Crippen LogP contribution in [-0.2, 0) is 9.59 Å².